The van der Waals surface area contributed by atoms with Gasteiger partial charge in [0.1, 0.15) is 0 Å². The number of benzene rings is 1. The summed E-state index contributed by atoms with van der Waals surface area (Å²) in [7, 11) is 2.02. The van der Waals surface area contributed by atoms with Crippen LogP contribution in [0.1, 0.15) is 19.8 Å². The quantitative estimate of drug-likeness (QED) is 0.821. The van der Waals surface area contributed by atoms with Crippen molar-refractivity contribution in [3.05, 3.63) is 27.8 Å². The maximum atomic E-state index is 11.9. The third-order valence-corrected chi connectivity index (χ3v) is 4.24. The van der Waals surface area contributed by atoms with Gasteiger partial charge in [-0.15, -0.1) is 0 Å². The zero-order valence-electron chi connectivity index (χ0n) is 10.8. The number of halogens is 1. The van der Waals surface area contributed by atoms with Crippen molar-refractivity contribution in [1.82, 2.24) is 4.90 Å². The van der Waals surface area contributed by atoms with E-state index in [1.54, 1.807) is 0 Å². The molecule has 1 amide bonds. The van der Waals surface area contributed by atoms with E-state index in [4.69, 9.17) is 0 Å². The summed E-state index contributed by atoms with van der Waals surface area (Å²) in [6.07, 6.45) is 2.62. The molecule has 1 N–H and O–H groups in total. The normalized spacial score (nSPS) is 16.7. The molecule has 1 saturated carbocycles. The molecule has 0 saturated heterocycles. The van der Waals surface area contributed by atoms with Gasteiger partial charge in [-0.1, -0.05) is 0 Å². The second-order valence-corrected chi connectivity index (χ2v) is 6.29. The molecule has 0 aromatic heterocycles. The van der Waals surface area contributed by atoms with Crippen molar-refractivity contribution in [1.29, 1.82) is 0 Å². The molecule has 1 aliphatic carbocycles. The number of nitrogens with one attached hydrogen (secondary N) is 1. The second-order valence-electron chi connectivity index (χ2n) is 5.05. The Balaban J connectivity index is 1.82. The van der Waals surface area contributed by atoms with Crippen LogP contribution in [0.15, 0.2) is 24.3 Å². The van der Waals surface area contributed by atoms with Gasteiger partial charge in [0.05, 0.1) is 6.54 Å². The molecule has 1 fully saturated rings. The Morgan fingerprint density at radius 3 is 2.61 bits per heavy atom. The highest BCUT2D eigenvalue weighted by Gasteiger charge is 2.30. The fourth-order valence-electron chi connectivity index (χ4n) is 2.04. The van der Waals surface area contributed by atoms with E-state index in [2.05, 4.69) is 39.7 Å². The van der Waals surface area contributed by atoms with Gasteiger partial charge in [-0.05, 0) is 79.6 Å². The third-order valence-electron chi connectivity index (χ3n) is 3.52. The molecular weight excluding hydrogens is 339 g/mol. The van der Waals surface area contributed by atoms with Gasteiger partial charge in [0.15, 0.2) is 0 Å². The summed E-state index contributed by atoms with van der Waals surface area (Å²) >= 11 is 2.25. The second kappa shape index (κ2) is 6.02. The van der Waals surface area contributed by atoms with Crippen molar-refractivity contribution in [2.75, 3.05) is 18.9 Å². The summed E-state index contributed by atoms with van der Waals surface area (Å²) in [4.78, 5) is 14.0. The van der Waals surface area contributed by atoms with Crippen LogP contribution >= 0.6 is 22.6 Å². The molecule has 1 aliphatic rings. The predicted octanol–water partition coefficient (Wildman–Crippen LogP) is 2.96. The van der Waals surface area contributed by atoms with Gasteiger partial charge in [0.2, 0.25) is 5.91 Å². The lowest BCUT2D eigenvalue weighted by molar-refractivity contribution is -0.117. The smallest absolute Gasteiger partial charge is 0.238 e. The van der Waals surface area contributed by atoms with E-state index in [0.717, 1.165) is 11.6 Å². The number of hydrogen-bond acceptors (Lipinski definition) is 2. The average molecular weight is 358 g/mol. The molecule has 98 valence electrons. The number of carbonyl (C=O) groups excluding carboxylic acids is 1. The fraction of sp³-hybridized carbons (Fsp3) is 0.500. The summed E-state index contributed by atoms with van der Waals surface area (Å²) in [5.74, 6) is 0.854. The van der Waals surface area contributed by atoms with E-state index < -0.39 is 0 Å². The molecule has 0 bridgehead atoms. The lowest BCUT2D eigenvalue weighted by atomic mass is 10.2. The minimum absolute atomic E-state index is 0.0613. The average Bonchev–Trinajstić information content (AvgIpc) is 3.15. The van der Waals surface area contributed by atoms with Crippen LogP contribution in [-0.4, -0.2) is 30.4 Å². The monoisotopic (exact) mass is 358 g/mol. The van der Waals surface area contributed by atoms with Crippen molar-refractivity contribution in [3.8, 4) is 0 Å². The maximum Gasteiger partial charge on any atom is 0.238 e. The Morgan fingerprint density at radius 2 is 2.06 bits per heavy atom. The largest absolute Gasteiger partial charge is 0.325 e. The molecule has 18 heavy (non-hydrogen) atoms. The van der Waals surface area contributed by atoms with Crippen LogP contribution in [0.3, 0.4) is 0 Å². The van der Waals surface area contributed by atoms with Crippen molar-refractivity contribution in [2.45, 2.75) is 25.8 Å². The number of rotatable bonds is 5. The zero-order chi connectivity index (χ0) is 13.1. The highest BCUT2D eigenvalue weighted by Crippen LogP contribution is 2.34. The van der Waals surface area contributed by atoms with E-state index in [1.165, 1.54) is 16.4 Å². The molecule has 3 nitrogen and oxygen atoms in total. The molecule has 0 spiro atoms. The number of nitrogens with zero attached hydrogens (tertiary/aromatic N) is 1. The molecule has 2 rings (SSSR count). The summed E-state index contributed by atoms with van der Waals surface area (Å²) in [6.45, 7) is 2.67. The van der Waals surface area contributed by atoms with E-state index in [1.807, 2.05) is 31.3 Å². The summed E-state index contributed by atoms with van der Waals surface area (Å²) < 4.78 is 1.17. The van der Waals surface area contributed by atoms with Crippen molar-refractivity contribution in [2.24, 2.45) is 5.92 Å². The highest BCUT2D eigenvalue weighted by atomic mass is 127. The van der Waals surface area contributed by atoms with Gasteiger partial charge >= 0.3 is 0 Å². The SMILES string of the molecule is CC(C1CC1)N(C)CC(=O)Nc1ccc(I)cc1. The first-order valence-corrected chi connectivity index (χ1v) is 7.40. The van der Waals surface area contributed by atoms with Gasteiger partial charge < -0.3 is 5.32 Å². The predicted molar refractivity (Wildman–Crippen MR) is 82.6 cm³/mol. The van der Waals surface area contributed by atoms with Crippen molar-refractivity contribution in [3.63, 3.8) is 0 Å². The molecule has 0 radical (unpaired) electrons. The Kier molecular flexibility index (Phi) is 4.61. The van der Waals surface area contributed by atoms with Crippen LogP contribution in [-0.2, 0) is 4.79 Å². The third kappa shape index (κ3) is 3.95. The first-order chi connectivity index (χ1) is 8.56. The van der Waals surface area contributed by atoms with E-state index >= 15 is 0 Å². The lowest BCUT2D eigenvalue weighted by Crippen LogP contribution is -2.37. The number of amides is 1. The van der Waals surface area contributed by atoms with Crippen LogP contribution in [0.5, 0.6) is 0 Å². The Morgan fingerprint density at radius 1 is 1.44 bits per heavy atom. The number of likely N-dealkylation sites (N-methyl/N-ethyl adjacent to an activating group) is 1. The first kappa shape index (κ1) is 13.8. The zero-order valence-corrected chi connectivity index (χ0v) is 13.0. The van der Waals surface area contributed by atoms with E-state index in [-0.39, 0.29) is 5.91 Å². The Hall–Kier alpha value is -0.620. The van der Waals surface area contributed by atoms with Crippen molar-refractivity contribution < 1.29 is 4.79 Å². The molecule has 1 atom stereocenters. The van der Waals surface area contributed by atoms with E-state index in [9.17, 15) is 4.79 Å². The standard InChI is InChI=1S/C14H19IN2O/c1-10(11-3-4-11)17(2)9-14(18)16-13-7-5-12(15)6-8-13/h5-8,10-11H,3-4,9H2,1-2H3,(H,16,18). The molecule has 0 heterocycles. The number of anilines is 1. The van der Waals surface area contributed by atoms with Crippen LogP contribution in [0.25, 0.3) is 0 Å². The molecule has 4 heteroatoms. The molecule has 1 aromatic rings. The fourth-order valence-corrected chi connectivity index (χ4v) is 2.40. The van der Waals surface area contributed by atoms with Gasteiger partial charge in [0, 0.05) is 15.3 Å². The lowest BCUT2D eigenvalue weighted by Gasteiger charge is -2.23. The minimum Gasteiger partial charge on any atom is -0.325 e. The molecule has 1 unspecified atom stereocenters. The topological polar surface area (TPSA) is 32.3 Å². The first-order valence-electron chi connectivity index (χ1n) is 6.32. The Labute approximate surface area is 122 Å². The molecule has 1 aromatic carbocycles. The van der Waals surface area contributed by atoms with Crippen LogP contribution in [0.2, 0.25) is 0 Å². The Bertz CT molecular complexity index is 414. The summed E-state index contributed by atoms with van der Waals surface area (Å²) in [6, 6.07) is 8.36. The van der Waals surface area contributed by atoms with Gasteiger partial charge in [-0.25, -0.2) is 0 Å². The van der Waals surface area contributed by atoms with Crippen LogP contribution < -0.4 is 5.32 Å². The van der Waals surface area contributed by atoms with Gasteiger partial charge in [-0.2, -0.15) is 0 Å². The summed E-state index contributed by atoms with van der Waals surface area (Å²) in [5.41, 5.74) is 0.868. The van der Waals surface area contributed by atoms with Gasteiger partial charge in [0.25, 0.3) is 0 Å². The maximum absolute atomic E-state index is 11.9. The summed E-state index contributed by atoms with van der Waals surface area (Å²) in [5, 5.41) is 2.93. The van der Waals surface area contributed by atoms with Crippen molar-refractivity contribution >= 4 is 34.2 Å². The minimum atomic E-state index is 0.0613. The van der Waals surface area contributed by atoms with E-state index in [0.29, 0.717) is 12.6 Å². The number of carbonyl (C=O) groups is 1. The highest BCUT2D eigenvalue weighted by molar-refractivity contribution is 14.1. The van der Waals surface area contributed by atoms with Crippen LogP contribution in [0, 0.1) is 9.49 Å². The molecular formula is C14H19IN2O. The molecule has 0 aliphatic heterocycles. The number of hydrogen-bond donors (Lipinski definition) is 1. The van der Waals surface area contributed by atoms with Gasteiger partial charge in [-0.3, -0.25) is 9.69 Å². The van der Waals surface area contributed by atoms with Crippen LogP contribution in [0.4, 0.5) is 5.69 Å².